The Labute approximate surface area is 119 Å². The second-order valence-electron chi connectivity index (χ2n) is 5.35. The predicted octanol–water partition coefficient (Wildman–Crippen LogP) is 0.805. The second-order valence-corrected chi connectivity index (χ2v) is 7.24. The van der Waals surface area contributed by atoms with Crippen molar-refractivity contribution >= 4 is 15.9 Å². The number of sulfonamides is 1. The minimum absolute atomic E-state index is 0.100. The molecule has 2 heterocycles. The molecule has 7 heteroatoms. The molecule has 1 aromatic heterocycles. The summed E-state index contributed by atoms with van der Waals surface area (Å²) in [5.74, 6) is 0.546. The summed E-state index contributed by atoms with van der Waals surface area (Å²) in [4.78, 5) is 14.4. The summed E-state index contributed by atoms with van der Waals surface area (Å²) in [5.41, 5.74) is 0.411. The summed E-state index contributed by atoms with van der Waals surface area (Å²) >= 11 is 0. The van der Waals surface area contributed by atoms with Gasteiger partial charge in [0.15, 0.2) is 0 Å². The highest BCUT2D eigenvalue weighted by Gasteiger charge is 2.25. The second kappa shape index (κ2) is 5.57. The van der Waals surface area contributed by atoms with Crippen LogP contribution in [0.25, 0.3) is 0 Å². The molecule has 0 aromatic carbocycles. The number of hydrogen-bond acceptors (Lipinski definition) is 3. The minimum Gasteiger partial charge on any atom is -0.345 e. The van der Waals surface area contributed by atoms with Crippen LogP contribution in [-0.4, -0.2) is 43.9 Å². The maximum atomic E-state index is 12.4. The third-order valence-corrected chi connectivity index (χ3v) is 5.23. The molecule has 112 valence electrons. The van der Waals surface area contributed by atoms with Crippen molar-refractivity contribution in [2.45, 2.75) is 24.7 Å². The SMILES string of the molecule is CNS(=O)(=O)c1cc(C(=O)N2CCC(C)CC2)n(C)c1. The quantitative estimate of drug-likeness (QED) is 0.897. The standard InChI is InChI=1S/C13H21N3O3S/c1-10-4-6-16(7-5-10)13(17)12-8-11(9-15(12)3)20(18,19)14-2/h8-10,14H,4-7H2,1-3H3. The van der Waals surface area contributed by atoms with Crippen LogP contribution in [-0.2, 0) is 17.1 Å². The molecule has 1 aliphatic heterocycles. The average Bonchev–Trinajstić information content (AvgIpc) is 2.81. The Morgan fingerprint density at radius 1 is 1.35 bits per heavy atom. The van der Waals surface area contributed by atoms with Crippen molar-refractivity contribution < 1.29 is 13.2 Å². The summed E-state index contributed by atoms with van der Waals surface area (Å²) < 4.78 is 27.3. The highest BCUT2D eigenvalue weighted by atomic mass is 32.2. The van der Waals surface area contributed by atoms with E-state index in [1.165, 1.54) is 19.3 Å². The lowest BCUT2D eigenvalue weighted by molar-refractivity contribution is 0.0687. The molecule has 1 N–H and O–H groups in total. The fraction of sp³-hybridized carbons (Fsp3) is 0.615. The van der Waals surface area contributed by atoms with Crippen LogP contribution >= 0.6 is 0 Å². The van der Waals surface area contributed by atoms with Crippen LogP contribution in [0.2, 0.25) is 0 Å². The van der Waals surface area contributed by atoms with Crippen molar-refractivity contribution in [3.8, 4) is 0 Å². The predicted molar refractivity (Wildman–Crippen MR) is 76.0 cm³/mol. The number of amides is 1. The molecule has 1 fully saturated rings. The van der Waals surface area contributed by atoms with Crippen molar-refractivity contribution in [1.29, 1.82) is 0 Å². The molecule has 1 amide bonds. The maximum Gasteiger partial charge on any atom is 0.270 e. The molecule has 1 saturated heterocycles. The molecule has 0 radical (unpaired) electrons. The smallest absolute Gasteiger partial charge is 0.270 e. The van der Waals surface area contributed by atoms with Gasteiger partial charge in [-0.25, -0.2) is 13.1 Å². The molecule has 1 aromatic rings. The van der Waals surface area contributed by atoms with E-state index in [4.69, 9.17) is 0 Å². The average molecular weight is 299 g/mol. The normalized spacial score (nSPS) is 17.4. The molecule has 2 rings (SSSR count). The number of carbonyl (C=O) groups is 1. The van der Waals surface area contributed by atoms with Gasteiger partial charge in [0, 0.05) is 26.3 Å². The van der Waals surface area contributed by atoms with E-state index < -0.39 is 10.0 Å². The van der Waals surface area contributed by atoms with Crippen LogP contribution in [0.4, 0.5) is 0 Å². The van der Waals surface area contributed by atoms with Gasteiger partial charge in [-0.15, -0.1) is 0 Å². The monoisotopic (exact) mass is 299 g/mol. The topological polar surface area (TPSA) is 71.4 Å². The van der Waals surface area contributed by atoms with Crippen LogP contribution in [0.15, 0.2) is 17.2 Å². The number of nitrogens with one attached hydrogen (secondary N) is 1. The molecule has 6 nitrogen and oxygen atoms in total. The van der Waals surface area contributed by atoms with Gasteiger partial charge in [-0.1, -0.05) is 6.92 Å². The third-order valence-electron chi connectivity index (χ3n) is 3.85. The molecular weight excluding hydrogens is 278 g/mol. The number of aryl methyl sites for hydroxylation is 1. The van der Waals surface area contributed by atoms with Crippen molar-refractivity contribution in [2.24, 2.45) is 13.0 Å². The van der Waals surface area contributed by atoms with Crippen molar-refractivity contribution in [1.82, 2.24) is 14.2 Å². The lowest BCUT2D eigenvalue weighted by Gasteiger charge is -2.30. The number of nitrogens with zero attached hydrogens (tertiary/aromatic N) is 2. The first-order chi connectivity index (χ1) is 9.35. The number of aromatic nitrogens is 1. The van der Waals surface area contributed by atoms with Gasteiger partial charge in [-0.2, -0.15) is 0 Å². The fourth-order valence-corrected chi connectivity index (χ4v) is 3.18. The zero-order valence-electron chi connectivity index (χ0n) is 12.1. The number of hydrogen-bond donors (Lipinski definition) is 1. The van der Waals surface area contributed by atoms with Crippen molar-refractivity contribution in [2.75, 3.05) is 20.1 Å². The van der Waals surface area contributed by atoms with Crippen LogP contribution < -0.4 is 4.72 Å². The highest BCUT2D eigenvalue weighted by molar-refractivity contribution is 7.89. The first kappa shape index (κ1) is 15.1. The Bertz CT molecular complexity index is 598. The molecule has 0 atom stereocenters. The Balaban J connectivity index is 2.23. The Hall–Kier alpha value is -1.34. The van der Waals surface area contributed by atoms with Gasteiger partial charge in [-0.05, 0) is 31.9 Å². The molecule has 0 spiro atoms. The van der Waals surface area contributed by atoms with E-state index in [2.05, 4.69) is 11.6 Å². The van der Waals surface area contributed by atoms with Crippen LogP contribution in [0, 0.1) is 5.92 Å². The van der Waals surface area contributed by atoms with E-state index in [1.54, 1.807) is 16.5 Å². The zero-order chi connectivity index (χ0) is 14.9. The fourth-order valence-electron chi connectivity index (χ4n) is 2.39. The van der Waals surface area contributed by atoms with E-state index in [-0.39, 0.29) is 10.8 Å². The lowest BCUT2D eigenvalue weighted by Crippen LogP contribution is -2.38. The van der Waals surface area contributed by atoms with Gasteiger partial charge in [-0.3, -0.25) is 4.79 Å². The van der Waals surface area contributed by atoms with E-state index in [1.807, 2.05) is 0 Å². The first-order valence-corrected chi connectivity index (χ1v) is 8.22. The Morgan fingerprint density at radius 2 is 1.95 bits per heavy atom. The molecular formula is C13H21N3O3S. The lowest BCUT2D eigenvalue weighted by atomic mass is 9.99. The molecule has 1 aliphatic rings. The van der Waals surface area contributed by atoms with Gasteiger partial charge < -0.3 is 9.47 Å². The van der Waals surface area contributed by atoms with Gasteiger partial charge in [0.2, 0.25) is 10.0 Å². The molecule has 0 saturated carbocycles. The highest BCUT2D eigenvalue weighted by Crippen LogP contribution is 2.20. The Morgan fingerprint density at radius 3 is 2.50 bits per heavy atom. The van der Waals surface area contributed by atoms with Gasteiger partial charge in [0.25, 0.3) is 5.91 Å². The minimum atomic E-state index is -3.51. The molecule has 0 bridgehead atoms. The summed E-state index contributed by atoms with van der Waals surface area (Å²) in [5, 5.41) is 0. The Kier molecular flexibility index (Phi) is 4.19. The number of rotatable bonds is 3. The maximum absolute atomic E-state index is 12.4. The van der Waals surface area contributed by atoms with Crippen LogP contribution in [0.5, 0.6) is 0 Å². The van der Waals surface area contributed by atoms with E-state index in [0.29, 0.717) is 11.6 Å². The van der Waals surface area contributed by atoms with Gasteiger partial charge in [0.1, 0.15) is 10.6 Å². The van der Waals surface area contributed by atoms with Crippen molar-refractivity contribution in [3.63, 3.8) is 0 Å². The van der Waals surface area contributed by atoms with E-state index in [0.717, 1.165) is 25.9 Å². The molecule has 0 aliphatic carbocycles. The number of piperidine rings is 1. The summed E-state index contributed by atoms with van der Waals surface area (Å²) in [6, 6.07) is 1.44. The van der Waals surface area contributed by atoms with Crippen molar-refractivity contribution in [3.05, 3.63) is 18.0 Å². The van der Waals surface area contributed by atoms with Gasteiger partial charge >= 0.3 is 0 Å². The van der Waals surface area contributed by atoms with E-state index in [9.17, 15) is 13.2 Å². The first-order valence-electron chi connectivity index (χ1n) is 6.74. The summed E-state index contributed by atoms with van der Waals surface area (Å²) in [6.45, 7) is 3.65. The van der Waals surface area contributed by atoms with Crippen LogP contribution in [0.3, 0.4) is 0 Å². The number of likely N-dealkylation sites (tertiary alicyclic amines) is 1. The van der Waals surface area contributed by atoms with E-state index >= 15 is 0 Å². The summed E-state index contributed by atoms with van der Waals surface area (Å²) in [7, 11) is -0.468. The zero-order valence-corrected chi connectivity index (χ0v) is 12.9. The number of carbonyl (C=O) groups excluding carboxylic acids is 1. The summed E-state index contributed by atoms with van der Waals surface area (Å²) in [6.07, 6.45) is 3.46. The molecule has 0 unspecified atom stereocenters. The van der Waals surface area contributed by atoms with Crippen LogP contribution in [0.1, 0.15) is 30.3 Å². The van der Waals surface area contributed by atoms with Gasteiger partial charge in [0.05, 0.1) is 0 Å². The largest absolute Gasteiger partial charge is 0.345 e. The molecule has 20 heavy (non-hydrogen) atoms. The third kappa shape index (κ3) is 2.88.